The summed E-state index contributed by atoms with van der Waals surface area (Å²) in [5.41, 5.74) is 2.04. The summed E-state index contributed by atoms with van der Waals surface area (Å²) >= 11 is 0. The minimum absolute atomic E-state index is 0.0234. The SMILES string of the molecule is Cc1noc(C)c1CN1CCCC(N(CCN2CCOCC2)S(C)(=O)=O)C1. The van der Waals surface area contributed by atoms with Gasteiger partial charge in [-0.15, -0.1) is 0 Å². The van der Waals surface area contributed by atoms with Crippen molar-refractivity contribution in [2.45, 2.75) is 39.3 Å². The van der Waals surface area contributed by atoms with Gasteiger partial charge in [0.15, 0.2) is 0 Å². The molecular weight excluding hydrogens is 368 g/mol. The maximum absolute atomic E-state index is 12.5. The van der Waals surface area contributed by atoms with Crippen molar-refractivity contribution in [2.24, 2.45) is 0 Å². The molecule has 1 aromatic rings. The Labute approximate surface area is 162 Å². The number of aromatic nitrogens is 1. The van der Waals surface area contributed by atoms with Crippen LogP contribution in [0.3, 0.4) is 0 Å². The molecule has 9 heteroatoms. The van der Waals surface area contributed by atoms with Gasteiger partial charge in [-0.3, -0.25) is 9.80 Å². The van der Waals surface area contributed by atoms with E-state index in [1.807, 2.05) is 13.8 Å². The number of sulfonamides is 1. The zero-order chi connectivity index (χ0) is 19.4. The zero-order valence-electron chi connectivity index (χ0n) is 16.7. The summed E-state index contributed by atoms with van der Waals surface area (Å²) in [5.74, 6) is 0.849. The molecular formula is C18H32N4O4S. The number of likely N-dealkylation sites (tertiary alicyclic amines) is 1. The van der Waals surface area contributed by atoms with E-state index in [-0.39, 0.29) is 6.04 Å². The average Bonchev–Trinajstić information content (AvgIpc) is 2.94. The number of nitrogens with zero attached hydrogens (tertiary/aromatic N) is 4. The first-order valence-electron chi connectivity index (χ1n) is 9.75. The Kier molecular flexibility index (Phi) is 6.91. The van der Waals surface area contributed by atoms with Crippen molar-refractivity contribution in [3.8, 4) is 0 Å². The smallest absolute Gasteiger partial charge is 0.211 e. The molecule has 2 aliphatic rings. The van der Waals surface area contributed by atoms with Gasteiger partial charge in [0.25, 0.3) is 0 Å². The highest BCUT2D eigenvalue weighted by Crippen LogP contribution is 2.22. The molecule has 27 heavy (non-hydrogen) atoms. The molecule has 0 aliphatic carbocycles. The summed E-state index contributed by atoms with van der Waals surface area (Å²) in [6.07, 6.45) is 3.24. The first kappa shape index (κ1) is 20.7. The molecule has 0 aromatic carbocycles. The van der Waals surface area contributed by atoms with Gasteiger partial charge >= 0.3 is 0 Å². The van der Waals surface area contributed by atoms with E-state index in [1.54, 1.807) is 4.31 Å². The highest BCUT2D eigenvalue weighted by Gasteiger charge is 2.31. The van der Waals surface area contributed by atoms with Gasteiger partial charge in [-0.05, 0) is 33.2 Å². The lowest BCUT2D eigenvalue weighted by Crippen LogP contribution is -2.52. The van der Waals surface area contributed by atoms with E-state index in [9.17, 15) is 8.42 Å². The standard InChI is InChI=1S/C18H32N4O4S/c1-15-18(16(2)26-19-15)14-21-6-4-5-17(13-21)22(27(3,23)24)8-7-20-9-11-25-12-10-20/h17H,4-14H2,1-3H3. The fourth-order valence-corrected chi connectivity index (χ4v) is 5.17. The van der Waals surface area contributed by atoms with E-state index in [2.05, 4.69) is 15.0 Å². The fourth-order valence-electron chi connectivity index (χ4n) is 4.04. The normalized spacial score (nSPS) is 23.2. The van der Waals surface area contributed by atoms with Crippen LogP contribution in [0.25, 0.3) is 0 Å². The van der Waals surface area contributed by atoms with Gasteiger partial charge in [-0.2, -0.15) is 4.31 Å². The quantitative estimate of drug-likeness (QED) is 0.671. The first-order valence-corrected chi connectivity index (χ1v) is 11.6. The minimum atomic E-state index is -3.25. The highest BCUT2D eigenvalue weighted by molar-refractivity contribution is 7.88. The van der Waals surface area contributed by atoms with Gasteiger partial charge in [0.2, 0.25) is 10.0 Å². The lowest BCUT2D eigenvalue weighted by molar-refractivity contribution is 0.0337. The van der Waals surface area contributed by atoms with Crippen LogP contribution in [0.15, 0.2) is 4.52 Å². The molecule has 8 nitrogen and oxygen atoms in total. The summed E-state index contributed by atoms with van der Waals surface area (Å²) in [4.78, 5) is 4.61. The molecule has 1 atom stereocenters. The maximum Gasteiger partial charge on any atom is 0.211 e. The summed E-state index contributed by atoms with van der Waals surface area (Å²) < 4.78 is 37.3. The third-order valence-corrected chi connectivity index (χ3v) is 6.95. The Hall–Kier alpha value is -1.00. The second-order valence-corrected chi connectivity index (χ2v) is 9.60. The molecule has 1 aromatic heterocycles. The summed E-state index contributed by atoms with van der Waals surface area (Å²) in [7, 11) is -3.25. The van der Waals surface area contributed by atoms with E-state index < -0.39 is 10.0 Å². The Bertz CT molecular complexity index is 695. The van der Waals surface area contributed by atoms with Gasteiger partial charge in [0, 0.05) is 50.9 Å². The van der Waals surface area contributed by atoms with Crippen LogP contribution in [0.1, 0.15) is 29.9 Å². The van der Waals surface area contributed by atoms with Crippen LogP contribution in [0.5, 0.6) is 0 Å². The Morgan fingerprint density at radius 1 is 1.19 bits per heavy atom. The summed E-state index contributed by atoms with van der Waals surface area (Å²) in [5, 5.41) is 4.03. The van der Waals surface area contributed by atoms with Gasteiger partial charge < -0.3 is 9.26 Å². The zero-order valence-corrected chi connectivity index (χ0v) is 17.5. The molecule has 0 saturated carbocycles. The number of hydrogen-bond acceptors (Lipinski definition) is 7. The average molecular weight is 401 g/mol. The monoisotopic (exact) mass is 400 g/mol. The van der Waals surface area contributed by atoms with Crippen molar-refractivity contribution >= 4 is 10.0 Å². The number of rotatable bonds is 7. The van der Waals surface area contributed by atoms with Crippen LogP contribution in [0.2, 0.25) is 0 Å². The number of morpholine rings is 1. The molecule has 154 valence electrons. The van der Waals surface area contributed by atoms with E-state index in [0.29, 0.717) is 6.54 Å². The molecule has 2 aliphatic heterocycles. The van der Waals surface area contributed by atoms with Crippen LogP contribution in [-0.4, -0.2) is 92.5 Å². The molecule has 0 radical (unpaired) electrons. The van der Waals surface area contributed by atoms with Crippen molar-refractivity contribution in [3.05, 3.63) is 17.0 Å². The van der Waals surface area contributed by atoms with Crippen LogP contribution < -0.4 is 0 Å². The lowest BCUT2D eigenvalue weighted by Gasteiger charge is -2.39. The minimum Gasteiger partial charge on any atom is -0.379 e. The first-order chi connectivity index (χ1) is 12.8. The molecule has 1 unspecified atom stereocenters. The number of hydrogen-bond donors (Lipinski definition) is 0. The van der Waals surface area contributed by atoms with Crippen molar-refractivity contribution in [3.63, 3.8) is 0 Å². The third kappa shape index (κ3) is 5.51. The lowest BCUT2D eigenvalue weighted by atomic mass is 10.0. The van der Waals surface area contributed by atoms with Crippen molar-refractivity contribution in [1.82, 2.24) is 19.3 Å². The van der Waals surface area contributed by atoms with Crippen LogP contribution >= 0.6 is 0 Å². The van der Waals surface area contributed by atoms with E-state index in [4.69, 9.17) is 9.26 Å². The molecule has 2 saturated heterocycles. The summed E-state index contributed by atoms with van der Waals surface area (Å²) in [6.45, 7) is 10.9. The number of piperidine rings is 1. The predicted octanol–water partition coefficient (Wildman–Crippen LogP) is 0.850. The second-order valence-electron chi connectivity index (χ2n) is 7.66. The van der Waals surface area contributed by atoms with Crippen LogP contribution in [0, 0.1) is 13.8 Å². The van der Waals surface area contributed by atoms with Crippen LogP contribution in [-0.2, 0) is 21.3 Å². The van der Waals surface area contributed by atoms with E-state index >= 15 is 0 Å². The van der Waals surface area contributed by atoms with Gasteiger partial charge in [0.05, 0.1) is 25.2 Å². The van der Waals surface area contributed by atoms with Gasteiger partial charge in [-0.1, -0.05) is 5.16 Å². The van der Waals surface area contributed by atoms with Crippen LogP contribution in [0.4, 0.5) is 0 Å². The molecule has 3 heterocycles. The largest absolute Gasteiger partial charge is 0.379 e. The molecule has 0 N–H and O–H groups in total. The van der Waals surface area contributed by atoms with Gasteiger partial charge in [0.1, 0.15) is 5.76 Å². The molecule has 0 amide bonds. The fraction of sp³-hybridized carbons (Fsp3) is 0.833. The third-order valence-electron chi connectivity index (χ3n) is 5.62. The van der Waals surface area contributed by atoms with Crippen molar-refractivity contribution in [1.29, 1.82) is 0 Å². The van der Waals surface area contributed by atoms with Crippen molar-refractivity contribution in [2.75, 3.05) is 58.7 Å². The van der Waals surface area contributed by atoms with E-state index in [1.165, 1.54) is 6.26 Å². The van der Waals surface area contributed by atoms with Crippen molar-refractivity contribution < 1.29 is 17.7 Å². The Balaban J connectivity index is 1.63. The molecule has 2 fully saturated rings. The molecule has 0 bridgehead atoms. The molecule has 3 rings (SSSR count). The topological polar surface area (TPSA) is 79.1 Å². The van der Waals surface area contributed by atoms with E-state index in [0.717, 1.165) is 82.3 Å². The maximum atomic E-state index is 12.5. The van der Waals surface area contributed by atoms with Gasteiger partial charge in [-0.25, -0.2) is 8.42 Å². The Morgan fingerprint density at radius 2 is 1.93 bits per heavy atom. The second kappa shape index (κ2) is 9.00. The highest BCUT2D eigenvalue weighted by atomic mass is 32.2. The predicted molar refractivity (Wildman–Crippen MR) is 103 cm³/mol. The number of aryl methyl sites for hydroxylation is 2. The Morgan fingerprint density at radius 3 is 2.56 bits per heavy atom. The summed E-state index contributed by atoms with van der Waals surface area (Å²) in [6, 6.07) is 0.0234. The number of ether oxygens (including phenoxy) is 1. The molecule has 0 spiro atoms.